The van der Waals surface area contributed by atoms with E-state index in [9.17, 15) is 0 Å². The molecule has 2 rings (SSSR count). The summed E-state index contributed by atoms with van der Waals surface area (Å²) >= 11 is 2.15. The summed E-state index contributed by atoms with van der Waals surface area (Å²) in [5.74, 6) is 2.12. The molecular formula is C10H20N2S. The lowest BCUT2D eigenvalue weighted by Crippen LogP contribution is -2.38. The van der Waals surface area contributed by atoms with Gasteiger partial charge in [0.2, 0.25) is 0 Å². The number of rotatable bonds is 2. The average Bonchev–Trinajstić information content (AvgIpc) is 2.75. The van der Waals surface area contributed by atoms with Crippen molar-refractivity contribution in [2.24, 2.45) is 5.92 Å². The van der Waals surface area contributed by atoms with E-state index in [1.54, 1.807) is 0 Å². The maximum Gasteiger partial charge on any atom is 0.0347 e. The van der Waals surface area contributed by atoms with Gasteiger partial charge in [-0.1, -0.05) is 13.8 Å². The van der Waals surface area contributed by atoms with E-state index in [2.05, 4.69) is 36.5 Å². The molecule has 76 valence electrons. The Morgan fingerprint density at radius 2 is 2.15 bits per heavy atom. The number of thioether (sulfide) groups is 1. The second-order valence-electron chi connectivity index (χ2n) is 4.53. The summed E-state index contributed by atoms with van der Waals surface area (Å²) in [5.41, 5.74) is 6.88. The molecule has 2 aliphatic heterocycles. The zero-order chi connectivity index (χ0) is 9.26. The van der Waals surface area contributed by atoms with Crippen LogP contribution in [0.5, 0.6) is 0 Å². The van der Waals surface area contributed by atoms with E-state index in [-0.39, 0.29) is 0 Å². The van der Waals surface area contributed by atoms with Crippen LogP contribution >= 0.6 is 11.8 Å². The van der Waals surface area contributed by atoms with Gasteiger partial charge < -0.3 is 0 Å². The maximum atomic E-state index is 3.46. The summed E-state index contributed by atoms with van der Waals surface area (Å²) in [7, 11) is 0. The van der Waals surface area contributed by atoms with E-state index in [0.717, 1.165) is 17.2 Å². The lowest BCUT2D eigenvalue weighted by Gasteiger charge is -2.16. The molecule has 2 fully saturated rings. The van der Waals surface area contributed by atoms with E-state index in [1.165, 1.54) is 25.0 Å². The molecular weight excluding hydrogens is 180 g/mol. The Labute approximate surface area is 85.2 Å². The fraction of sp³-hybridized carbons (Fsp3) is 1.00. The highest BCUT2D eigenvalue weighted by molar-refractivity contribution is 8.00. The van der Waals surface area contributed by atoms with Crippen molar-refractivity contribution in [2.75, 3.05) is 5.75 Å². The van der Waals surface area contributed by atoms with Crippen molar-refractivity contribution >= 4 is 11.8 Å². The molecule has 0 amide bonds. The zero-order valence-electron chi connectivity index (χ0n) is 8.55. The van der Waals surface area contributed by atoms with Gasteiger partial charge in [-0.3, -0.25) is 10.9 Å². The molecule has 0 aromatic rings. The minimum atomic E-state index is 0.686. The van der Waals surface area contributed by atoms with Crippen LogP contribution in [0.15, 0.2) is 0 Å². The smallest absolute Gasteiger partial charge is 0.0347 e. The maximum absolute atomic E-state index is 3.46. The second kappa shape index (κ2) is 4.20. The van der Waals surface area contributed by atoms with Crippen LogP contribution in [0.2, 0.25) is 0 Å². The lowest BCUT2D eigenvalue weighted by atomic mass is 9.97. The van der Waals surface area contributed by atoms with Crippen molar-refractivity contribution in [3.8, 4) is 0 Å². The molecule has 2 nitrogen and oxygen atoms in total. The van der Waals surface area contributed by atoms with Crippen LogP contribution in [-0.4, -0.2) is 23.1 Å². The first-order chi connectivity index (χ1) is 6.27. The molecule has 3 heteroatoms. The third-order valence-corrected chi connectivity index (χ3v) is 4.70. The summed E-state index contributed by atoms with van der Waals surface area (Å²) in [6.45, 7) is 4.59. The van der Waals surface area contributed by atoms with Crippen molar-refractivity contribution in [1.29, 1.82) is 0 Å². The molecule has 3 atom stereocenters. The Morgan fingerprint density at radius 1 is 1.31 bits per heavy atom. The molecule has 0 radical (unpaired) electrons. The van der Waals surface area contributed by atoms with Gasteiger partial charge in [0.15, 0.2) is 0 Å². The largest absolute Gasteiger partial charge is 0.254 e. The van der Waals surface area contributed by atoms with Gasteiger partial charge in [-0.25, -0.2) is 0 Å². The van der Waals surface area contributed by atoms with Crippen LogP contribution in [0.3, 0.4) is 0 Å². The topological polar surface area (TPSA) is 24.1 Å². The van der Waals surface area contributed by atoms with Gasteiger partial charge >= 0.3 is 0 Å². The highest BCUT2D eigenvalue weighted by Crippen LogP contribution is 2.32. The third kappa shape index (κ3) is 2.20. The van der Waals surface area contributed by atoms with Crippen LogP contribution in [0.1, 0.15) is 33.1 Å². The Kier molecular flexibility index (Phi) is 3.17. The van der Waals surface area contributed by atoms with Gasteiger partial charge in [0.05, 0.1) is 0 Å². The molecule has 3 unspecified atom stereocenters. The van der Waals surface area contributed by atoms with Crippen molar-refractivity contribution in [3.05, 3.63) is 0 Å². The molecule has 2 N–H and O–H groups in total. The van der Waals surface area contributed by atoms with Gasteiger partial charge in [-0.15, -0.1) is 0 Å². The summed E-state index contributed by atoms with van der Waals surface area (Å²) < 4.78 is 0. The quantitative estimate of drug-likeness (QED) is 0.710. The molecule has 0 spiro atoms. The van der Waals surface area contributed by atoms with Crippen molar-refractivity contribution in [3.63, 3.8) is 0 Å². The number of hydrogen-bond donors (Lipinski definition) is 2. The Balaban J connectivity index is 1.83. The van der Waals surface area contributed by atoms with Crippen molar-refractivity contribution in [2.45, 2.75) is 50.4 Å². The van der Waals surface area contributed by atoms with E-state index in [1.807, 2.05) is 0 Å². The van der Waals surface area contributed by atoms with E-state index >= 15 is 0 Å². The van der Waals surface area contributed by atoms with Crippen LogP contribution in [0.25, 0.3) is 0 Å². The summed E-state index contributed by atoms with van der Waals surface area (Å²) in [6.07, 6.45) is 4.14. The van der Waals surface area contributed by atoms with Crippen LogP contribution in [0.4, 0.5) is 0 Å². The lowest BCUT2D eigenvalue weighted by molar-refractivity contribution is 0.431. The minimum absolute atomic E-state index is 0.686. The molecule has 2 aliphatic rings. The zero-order valence-corrected chi connectivity index (χ0v) is 9.36. The molecule has 2 heterocycles. The second-order valence-corrected chi connectivity index (χ2v) is 5.88. The molecule has 2 saturated heterocycles. The third-order valence-electron chi connectivity index (χ3n) is 3.18. The number of nitrogens with one attached hydrogen (secondary N) is 2. The first kappa shape index (κ1) is 9.81. The van der Waals surface area contributed by atoms with Gasteiger partial charge in [-0.2, -0.15) is 11.8 Å². The summed E-state index contributed by atoms with van der Waals surface area (Å²) in [6, 6.07) is 1.41. The number of hydrogen-bond acceptors (Lipinski definition) is 3. The molecule has 13 heavy (non-hydrogen) atoms. The fourth-order valence-corrected chi connectivity index (χ4v) is 3.59. The van der Waals surface area contributed by atoms with Crippen LogP contribution in [0, 0.1) is 5.92 Å². The minimum Gasteiger partial charge on any atom is -0.254 e. The van der Waals surface area contributed by atoms with Gasteiger partial charge in [0.1, 0.15) is 0 Å². The average molecular weight is 200 g/mol. The van der Waals surface area contributed by atoms with E-state index in [0.29, 0.717) is 6.04 Å². The highest BCUT2D eigenvalue weighted by Gasteiger charge is 2.33. The molecule has 0 saturated carbocycles. The molecule has 0 aromatic carbocycles. The molecule has 0 aromatic heterocycles. The van der Waals surface area contributed by atoms with Crippen LogP contribution in [-0.2, 0) is 0 Å². The van der Waals surface area contributed by atoms with E-state index in [4.69, 9.17) is 0 Å². The number of hydrazine groups is 1. The Hall–Kier alpha value is 0.270. The summed E-state index contributed by atoms with van der Waals surface area (Å²) in [4.78, 5) is 0. The SMILES string of the molecule is CC(C)C1CC(C2CCCS2)NN1. The predicted octanol–water partition coefficient (Wildman–Crippen LogP) is 1.77. The monoisotopic (exact) mass is 200 g/mol. The predicted molar refractivity (Wildman–Crippen MR) is 58.8 cm³/mol. The Bertz CT molecular complexity index is 166. The fourth-order valence-electron chi connectivity index (χ4n) is 2.21. The first-order valence-electron chi connectivity index (χ1n) is 5.40. The highest BCUT2D eigenvalue weighted by atomic mass is 32.2. The van der Waals surface area contributed by atoms with Crippen molar-refractivity contribution in [1.82, 2.24) is 10.9 Å². The van der Waals surface area contributed by atoms with Gasteiger partial charge in [-0.05, 0) is 30.9 Å². The van der Waals surface area contributed by atoms with Crippen LogP contribution < -0.4 is 10.9 Å². The van der Waals surface area contributed by atoms with E-state index < -0.39 is 0 Å². The summed E-state index contributed by atoms with van der Waals surface area (Å²) in [5, 5.41) is 0.872. The standard InChI is InChI=1S/C10H20N2S/c1-7(2)8-6-9(12-11-8)10-4-3-5-13-10/h7-12H,3-6H2,1-2H3. The van der Waals surface area contributed by atoms with Gasteiger partial charge in [0, 0.05) is 17.3 Å². The molecule has 0 bridgehead atoms. The van der Waals surface area contributed by atoms with Crippen molar-refractivity contribution < 1.29 is 0 Å². The van der Waals surface area contributed by atoms with Gasteiger partial charge in [0.25, 0.3) is 0 Å². The first-order valence-corrected chi connectivity index (χ1v) is 6.45. The Morgan fingerprint density at radius 3 is 2.69 bits per heavy atom. The normalized spacial score (nSPS) is 40.4. The molecule has 0 aliphatic carbocycles.